The summed E-state index contributed by atoms with van der Waals surface area (Å²) >= 11 is 12.7. The van der Waals surface area contributed by atoms with Crippen LogP contribution in [-0.4, -0.2) is 15.2 Å². The van der Waals surface area contributed by atoms with E-state index in [0.29, 0.717) is 37.0 Å². The zero-order chi connectivity index (χ0) is 20.5. The van der Waals surface area contributed by atoms with Gasteiger partial charge < -0.3 is 4.42 Å². The summed E-state index contributed by atoms with van der Waals surface area (Å²) in [6.45, 7) is 0. The second-order valence-electron chi connectivity index (χ2n) is 5.98. The Hall–Kier alpha value is -2.94. The van der Waals surface area contributed by atoms with E-state index in [1.807, 2.05) is 30.3 Å². The van der Waals surface area contributed by atoms with Crippen LogP contribution in [0.25, 0.3) is 17.4 Å². The predicted octanol–water partition coefficient (Wildman–Crippen LogP) is 5.91. The average Bonchev–Trinajstić information content (AvgIpc) is 3.27. The maximum absolute atomic E-state index is 12.8. The number of halogens is 1. The standard InChI is InChI=1S/C20H11ClN2O4S2/c21-16-8-6-13(23(25)26)10-15(16)17-9-7-14(27-17)11-18-19(24)22(20(28)29-18)12-4-2-1-3-5-12/h1-11H. The zero-order valence-corrected chi connectivity index (χ0v) is 17.0. The van der Waals surface area contributed by atoms with E-state index in [0.717, 1.165) is 0 Å². The number of rotatable bonds is 4. The lowest BCUT2D eigenvalue weighted by atomic mass is 10.1. The summed E-state index contributed by atoms with van der Waals surface area (Å²) in [5.41, 5.74) is 1.00. The number of furan rings is 1. The van der Waals surface area contributed by atoms with E-state index in [9.17, 15) is 14.9 Å². The van der Waals surface area contributed by atoms with Gasteiger partial charge >= 0.3 is 0 Å². The fourth-order valence-electron chi connectivity index (χ4n) is 2.79. The minimum atomic E-state index is -0.501. The van der Waals surface area contributed by atoms with Gasteiger partial charge in [-0.3, -0.25) is 19.8 Å². The van der Waals surface area contributed by atoms with Gasteiger partial charge in [0.2, 0.25) is 0 Å². The van der Waals surface area contributed by atoms with E-state index < -0.39 is 4.92 Å². The number of non-ortho nitro benzene ring substituents is 1. The number of carbonyl (C=O) groups is 1. The Morgan fingerprint density at radius 2 is 1.90 bits per heavy atom. The molecule has 0 saturated carbocycles. The number of nitrogens with zero attached hydrogens (tertiary/aromatic N) is 2. The Bertz CT molecular complexity index is 1170. The van der Waals surface area contributed by atoms with Crippen molar-refractivity contribution < 1.29 is 14.1 Å². The fraction of sp³-hybridized carbons (Fsp3) is 0. The fourth-order valence-corrected chi connectivity index (χ4v) is 4.28. The van der Waals surface area contributed by atoms with E-state index in [4.69, 9.17) is 28.2 Å². The van der Waals surface area contributed by atoms with Crippen LogP contribution in [0.15, 0.2) is 70.0 Å². The number of hydrogen-bond acceptors (Lipinski definition) is 6. The van der Waals surface area contributed by atoms with Gasteiger partial charge in [-0.1, -0.05) is 53.8 Å². The van der Waals surface area contributed by atoms with Gasteiger partial charge in [0.25, 0.3) is 11.6 Å². The molecular formula is C20H11ClN2O4S2. The zero-order valence-electron chi connectivity index (χ0n) is 14.6. The van der Waals surface area contributed by atoms with E-state index in [1.54, 1.807) is 18.2 Å². The molecule has 1 saturated heterocycles. The van der Waals surface area contributed by atoms with Crippen molar-refractivity contribution in [2.24, 2.45) is 0 Å². The highest BCUT2D eigenvalue weighted by molar-refractivity contribution is 8.27. The number of benzene rings is 2. The van der Waals surface area contributed by atoms with Crippen molar-refractivity contribution in [3.05, 3.63) is 86.5 Å². The van der Waals surface area contributed by atoms with Gasteiger partial charge in [0.15, 0.2) is 4.32 Å². The van der Waals surface area contributed by atoms with Crippen molar-refractivity contribution in [2.45, 2.75) is 0 Å². The van der Waals surface area contributed by atoms with Gasteiger partial charge in [0, 0.05) is 23.8 Å². The van der Waals surface area contributed by atoms with Gasteiger partial charge in [-0.2, -0.15) is 0 Å². The lowest BCUT2D eigenvalue weighted by molar-refractivity contribution is -0.384. The third kappa shape index (κ3) is 3.82. The molecule has 29 heavy (non-hydrogen) atoms. The highest BCUT2D eigenvalue weighted by Gasteiger charge is 2.33. The number of nitro groups is 1. The molecule has 1 aromatic heterocycles. The molecule has 2 aromatic carbocycles. The first-order valence-corrected chi connectivity index (χ1v) is 9.91. The predicted molar refractivity (Wildman–Crippen MR) is 118 cm³/mol. The van der Waals surface area contributed by atoms with Gasteiger partial charge in [-0.25, -0.2) is 0 Å². The van der Waals surface area contributed by atoms with E-state index in [1.165, 1.54) is 34.9 Å². The van der Waals surface area contributed by atoms with Gasteiger partial charge in [-0.15, -0.1) is 0 Å². The van der Waals surface area contributed by atoms with Crippen molar-refractivity contribution >= 4 is 63.3 Å². The molecule has 6 nitrogen and oxygen atoms in total. The van der Waals surface area contributed by atoms with Crippen LogP contribution in [0.5, 0.6) is 0 Å². The molecule has 0 spiro atoms. The number of para-hydroxylation sites is 1. The van der Waals surface area contributed by atoms with Crippen LogP contribution in [0.3, 0.4) is 0 Å². The van der Waals surface area contributed by atoms with Gasteiger partial charge in [0.05, 0.1) is 20.5 Å². The molecule has 1 aliphatic rings. The first kappa shape index (κ1) is 19.4. The molecule has 3 aromatic rings. The number of carbonyl (C=O) groups excluding carboxylic acids is 1. The van der Waals surface area contributed by atoms with E-state index in [2.05, 4.69) is 0 Å². The molecule has 144 valence electrons. The van der Waals surface area contributed by atoms with Gasteiger partial charge in [-0.05, 0) is 30.3 Å². The second-order valence-corrected chi connectivity index (χ2v) is 8.06. The largest absolute Gasteiger partial charge is 0.457 e. The highest BCUT2D eigenvalue weighted by Crippen LogP contribution is 2.37. The normalized spacial score (nSPS) is 15.3. The summed E-state index contributed by atoms with van der Waals surface area (Å²) < 4.78 is 6.19. The van der Waals surface area contributed by atoms with Crippen LogP contribution < -0.4 is 4.90 Å². The molecule has 0 unspecified atom stereocenters. The Morgan fingerprint density at radius 1 is 1.14 bits per heavy atom. The summed E-state index contributed by atoms with van der Waals surface area (Å²) in [7, 11) is 0. The summed E-state index contributed by atoms with van der Waals surface area (Å²) in [6.07, 6.45) is 1.59. The first-order valence-electron chi connectivity index (χ1n) is 8.31. The first-order chi connectivity index (χ1) is 13.9. The monoisotopic (exact) mass is 442 g/mol. The van der Waals surface area contributed by atoms with Crippen molar-refractivity contribution in [1.29, 1.82) is 0 Å². The lowest BCUT2D eigenvalue weighted by Gasteiger charge is -2.13. The Morgan fingerprint density at radius 3 is 2.62 bits per heavy atom. The summed E-state index contributed by atoms with van der Waals surface area (Å²) in [4.78, 5) is 25.2. The summed E-state index contributed by atoms with van der Waals surface area (Å²) in [5, 5.41) is 11.3. The SMILES string of the molecule is O=C1C(=Cc2ccc(-c3cc([N+](=O)[O-])ccc3Cl)o2)SC(=S)N1c1ccccc1. The molecule has 1 amide bonds. The van der Waals surface area contributed by atoms with Crippen LogP contribution in [0.2, 0.25) is 5.02 Å². The Balaban J connectivity index is 1.64. The smallest absolute Gasteiger partial charge is 0.270 e. The number of nitro benzene ring substituents is 1. The van der Waals surface area contributed by atoms with E-state index >= 15 is 0 Å². The summed E-state index contributed by atoms with van der Waals surface area (Å²) in [5.74, 6) is 0.539. The number of thioether (sulfide) groups is 1. The molecule has 2 heterocycles. The molecule has 1 aliphatic heterocycles. The number of hydrogen-bond donors (Lipinski definition) is 0. The number of amides is 1. The Kier molecular flexibility index (Phi) is 5.23. The number of anilines is 1. The minimum absolute atomic E-state index is 0.0916. The molecule has 0 bridgehead atoms. The average molecular weight is 443 g/mol. The quantitative estimate of drug-likeness (QED) is 0.216. The third-order valence-electron chi connectivity index (χ3n) is 4.13. The van der Waals surface area contributed by atoms with Crippen LogP contribution in [0.1, 0.15) is 5.76 Å². The van der Waals surface area contributed by atoms with Crippen LogP contribution in [0, 0.1) is 10.1 Å². The van der Waals surface area contributed by atoms with Crippen molar-refractivity contribution in [3.63, 3.8) is 0 Å². The maximum atomic E-state index is 12.8. The third-order valence-corrected chi connectivity index (χ3v) is 5.77. The van der Waals surface area contributed by atoms with Crippen LogP contribution in [-0.2, 0) is 4.79 Å². The maximum Gasteiger partial charge on any atom is 0.270 e. The van der Waals surface area contributed by atoms with Crippen molar-refractivity contribution in [3.8, 4) is 11.3 Å². The molecule has 0 atom stereocenters. The molecule has 0 aliphatic carbocycles. The molecule has 1 fully saturated rings. The van der Waals surface area contributed by atoms with Crippen LogP contribution in [0.4, 0.5) is 11.4 Å². The minimum Gasteiger partial charge on any atom is -0.457 e. The Labute approximate surface area is 179 Å². The topological polar surface area (TPSA) is 76.6 Å². The second kappa shape index (κ2) is 7.82. The van der Waals surface area contributed by atoms with Crippen LogP contribution >= 0.6 is 35.6 Å². The van der Waals surface area contributed by atoms with Gasteiger partial charge in [0.1, 0.15) is 11.5 Å². The molecule has 9 heteroatoms. The molecular weight excluding hydrogens is 432 g/mol. The number of thiocarbonyl (C=S) groups is 1. The molecule has 0 N–H and O–H groups in total. The highest BCUT2D eigenvalue weighted by atomic mass is 35.5. The lowest BCUT2D eigenvalue weighted by Crippen LogP contribution is -2.27. The van der Waals surface area contributed by atoms with Crippen molar-refractivity contribution in [1.82, 2.24) is 0 Å². The molecule has 4 rings (SSSR count). The summed E-state index contributed by atoms with van der Waals surface area (Å²) in [6, 6.07) is 16.6. The molecule has 0 radical (unpaired) electrons. The van der Waals surface area contributed by atoms with E-state index in [-0.39, 0.29) is 11.6 Å². The van der Waals surface area contributed by atoms with Crippen molar-refractivity contribution in [2.75, 3.05) is 4.90 Å².